The standard InChI is InChI=1S/C19H18N4O4/c1-12(24)21-13-5-4-6-14(11-13)22-19(27)20-9-10-23-17(25)15-7-2-3-8-16(15)18(23)26/h2-8,11H,9-10H2,1H3,(H,21,24)(H2,20,22,27). The van der Waals surface area contributed by atoms with Crippen molar-refractivity contribution in [2.75, 3.05) is 23.7 Å². The zero-order valence-corrected chi connectivity index (χ0v) is 14.6. The Labute approximate surface area is 155 Å². The minimum absolute atomic E-state index is 0.0751. The number of benzene rings is 2. The number of anilines is 2. The monoisotopic (exact) mass is 366 g/mol. The summed E-state index contributed by atoms with van der Waals surface area (Å²) in [7, 11) is 0. The quantitative estimate of drug-likeness (QED) is 0.704. The van der Waals surface area contributed by atoms with Gasteiger partial charge in [0.05, 0.1) is 11.1 Å². The molecule has 5 amide bonds. The maximum Gasteiger partial charge on any atom is 0.319 e. The molecule has 8 heteroatoms. The molecule has 27 heavy (non-hydrogen) atoms. The van der Waals surface area contributed by atoms with Gasteiger partial charge in [-0.3, -0.25) is 19.3 Å². The third-order valence-corrected chi connectivity index (χ3v) is 3.94. The smallest absolute Gasteiger partial charge is 0.319 e. The van der Waals surface area contributed by atoms with Crippen LogP contribution in [0.2, 0.25) is 0 Å². The van der Waals surface area contributed by atoms with Gasteiger partial charge in [0.1, 0.15) is 0 Å². The van der Waals surface area contributed by atoms with E-state index < -0.39 is 6.03 Å². The summed E-state index contributed by atoms with van der Waals surface area (Å²) in [6.07, 6.45) is 0. The van der Waals surface area contributed by atoms with Gasteiger partial charge in [-0.1, -0.05) is 18.2 Å². The summed E-state index contributed by atoms with van der Waals surface area (Å²) in [6.45, 7) is 1.58. The van der Waals surface area contributed by atoms with E-state index >= 15 is 0 Å². The molecule has 0 aliphatic carbocycles. The Morgan fingerprint density at radius 1 is 0.889 bits per heavy atom. The molecule has 0 saturated carbocycles. The normalized spacial score (nSPS) is 12.6. The lowest BCUT2D eigenvalue weighted by atomic mass is 10.1. The van der Waals surface area contributed by atoms with Gasteiger partial charge >= 0.3 is 6.03 Å². The number of carbonyl (C=O) groups excluding carboxylic acids is 4. The Bertz CT molecular complexity index is 890. The molecule has 0 bridgehead atoms. The second-order valence-electron chi connectivity index (χ2n) is 5.95. The van der Waals surface area contributed by atoms with E-state index in [9.17, 15) is 19.2 Å². The topological polar surface area (TPSA) is 108 Å². The van der Waals surface area contributed by atoms with E-state index in [1.807, 2.05) is 0 Å². The number of nitrogens with one attached hydrogen (secondary N) is 3. The minimum atomic E-state index is -0.480. The fraction of sp³-hybridized carbons (Fsp3) is 0.158. The lowest BCUT2D eigenvalue weighted by Crippen LogP contribution is -2.39. The lowest BCUT2D eigenvalue weighted by Gasteiger charge is -2.14. The first-order valence-electron chi connectivity index (χ1n) is 8.33. The lowest BCUT2D eigenvalue weighted by molar-refractivity contribution is -0.114. The number of hydrogen-bond acceptors (Lipinski definition) is 4. The molecule has 138 valence electrons. The van der Waals surface area contributed by atoms with Gasteiger partial charge in [-0.05, 0) is 30.3 Å². The average Bonchev–Trinajstić information content (AvgIpc) is 2.87. The van der Waals surface area contributed by atoms with Crippen molar-refractivity contribution in [3.05, 3.63) is 59.7 Å². The van der Waals surface area contributed by atoms with Gasteiger partial charge < -0.3 is 16.0 Å². The van der Waals surface area contributed by atoms with Crippen LogP contribution in [-0.4, -0.2) is 41.7 Å². The number of rotatable bonds is 5. The summed E-state index contributed by atoms with van der Waals surface area (Å²) in [5.41, 5.74) is 1.81. The number of amides is 5. The van der Waals surface area contributed by atoms with E-state index in [1.165, 1.54) is 6.92 Å². The largest absolute Gasteiger partial charge is 0.336 e. The average molecular weight is 366 g/mol. The highest BCUT2D eigenvalue weighted by molar-refractivity contribution is 6.21. The van der Waals surface area contributed by atoms with Crippen LogP contribution in [-0.2, 0) is 4.79 Å². The first-order valence-corrected chi connectivity index (χ1v) is 8.33. The molecule has 3 N–H and O–H groups in total. The van der Waals surface area contributed by atoms with Gasteiger partial charge in [-0.25, -0.2) is 4.79 Å². The number of nitrogens with zero attached hydrogens (tertiary/aromatic N) is 1. The van der Waals surface area contributed by atoms with Crippen LogP contribution in [0.15, 0.2) is 48.5 Å². The predicted molar refractivity (Wildman–Crippen MR) is 99.6 cm³/mol. The molecule has 0 spiro atoms. The number of imide groups is 1. The Kier molecular flexibility index (Phi) is 5.16. The van der Waals surface area contributed by atoms with E-state index in [-0.39, 0.29) is 30.8 Å². The van der Waals surface area contributed by atoms with Crippen LogP contribution in [0.1, 0.15) is 27.6 Å². The van der Waals surface area contributed by atoms with Crippen molar-refractivity contribution >= 4 is 35.1 Å². The van der Waals surface area contributed by atoms with E-state index in [2.05, 4.69) is 16.0 Å². The molecule has 0 atom stereocenters. The van der Waals surface area contributed by atoms with Gasteiger partial charge in [0.25, 0.3) is 11.8 Å². The number of carbonyl (C=O) groups is 4. The molecule has 3 rings (SSSR count). The molecule has 2 aromatic rings. The van der Waals surface area contributed by atoms with E-state index in [1.54, 1.807) is 48.5 Å². The number of hydrogen-bond donors (Lipinski definition) is 3. The number of fused-ring (bicyclic) bond motifs is 1. The van der Waals surface area contributed by atoms with Crippen LogP contribution < -0.4 is 16.0 Å². The molecular formula is C19H18N4O4. The SMILES string of the molecule is CC(=O)Nc1cccc(NC(=O)NCCN2C(=O)c3ccccc3C2=O)c1. The second kappa shape index (κ2) is 7.69. The van der Waals surface area contributed by atoms with Crippen molar-refractivity contribution in [1.29, 1.82) is 0 Å². The van der Waals surface area contributed by atoms with Gasteiger partial charge in [0.15, 0.2) is 0 Å². The summed E-state index contributed by atoms with van der Waals surface area (Å²) < 4.78 is 0. The Balaban J connectivity index is 1.51. The van der Waals surface area contributed by atoms with Crippen molar-refractivity contribution in [2.24, 2.45) is 0 Å². The zero-order chi connectivity index (χ0) is 19.4. The van der Waals surface area contributed by atoms with Crippen LogP contribution >= 0.6 is 0 Å². The van der Waals surface area contributed by atoms with Crippen LogP contribution in [0.5, 0.6) is 0 Å². The van der Waals surface area contributed by atoms with Crippen LogP contribution in [0.25, 0.3) is 0 Å². The Morgan fingerprint density at radius 3 is 2.07 bits per heavy atom. The molecular weight excluding hydrogens is 348 g/mol. The highest BCUT2D eigenvalue weighted by Gasteiger charge is 2.34. The minimum Gasteiger partial charge on any atom is -0.336 e. The van der Waals surface area contributed by atoms with Gasteiger partial charge in [-0.15, -0.1) is 0 Å². The highest BCUT2D eigenvalue weighted by Crippen LogP contribution is 2.21. The van der Waals surface area contributed by atoms with E-state index in [4.69, 9.17) is 0 Å². The van der Waals surface area contributed by atoms with Gasteiger partial charge in [-0.2, -0.15) is 0 Å². The van der Waals surface area contributed by atoms with Crippen molar-refractivity contribution in [3.8, 4) is 0 Å². The first kappa shape index (κ1) is 18.1. The molecule has 1 aliphatic heterocycles. The Morgan fingerprint density at radius 2 is 1.48 bits per heavy atom. The molecule has 0 fully saturated rings. The molecule has 0 radical (unpaired) electrons. The fourth-order valence-electron chi connectivity index (χ4n) is 2.78. The maximum absolute atomic E-state index is 12.2. The van der Waals surface area contributed by atoms with Crippen LogP contribution in [0.4, 0.5) is 16.2 Å². The molecule has 1 aliphatic rings. The third-order valence-electron chi connectivity index (χ3n) is 3.94. The maximum atomic E-state index is 12.2. The summed E-state index contributed by atoms with van der Waals surface area (Å²) >= 11 is 0. The summed E-state index contributed by atoms with van der Waals surface area (Å²) in [4.78, 5) is 48.7. The van der Waals surface area contributed by atoms with Crippen molar-refractivity contribution in [3.63, 3.8) is 0 Å². The van der Waals surface area contributed by atoms with E-state index in [0.29, 0.717) is 22.5 Å². The van der Waals surface area contributed by atoms with Crippen LogP contribution in [0.3, 0.4) is 0 Å². The summed E-state index contributed by atoms with van der Waals surface area (Å²) in [5.74, 6) is -0.931. The van der Waals surface area contributed by atoms with Gasteiger partial charge in [0, 0.05) is 31.4 Å². The summed E-state index contributed by atoms with van der Waals surface area (Å²) in [5, 5.41) is 7.86. The first-order chi connectivity index (χ1) is 13.0. The fourth-order valence-corrected chi connectivity index (χ4v) is 2.78. The van der Waals surface area contributed by atoms with Gasteiger partial charge in [0.2, 0.25) is 5.91 Å². The molecule has 0 aromatic heterocycles. The predicted octanol–water partition coefficient (Wildman–Crippen LogP) is 2.06. The summed E-state index contributed by atoms with van der Waals surface area (Å²) in [6, 6.07) is 12.8. The van der Waals surface area contributed by atoms with Crippen molar-refractivity contribution in [2.45, 2.75) is 6.92 Å². The molecule has 8 nitrogen and oxygen atoms in total. The third kappa shape index (κ3) is 4.12. The highest BCUT2D eigenvalue weighted by atomic mass is 16.2. The Hall–Kier alpha value is -3.68. The van der Waals surface area contributed by atoms with E-state index in [0.717, 1.165) is 4.90 Å². The van der Waals surface area contributed by atoms with Crippen molar-refractivity contribution in [1.82, 2.24) is 10.2 Å². The van der Waals surface area contributed by atoms with Crippen molar-refractivity contribution < 1.29 is 19.2 Å². The molecule has 0 saturated heterocycles. The second-order valence-corrected chi connectivity index (χ2v) is 5.95. The number of urea groups is 1. The van der Waals surface area contributed by atoms with Crippen LogP contribution in [0, 0.1) is 0 Å². The zero-order valence-electron chi connectivity index (χ0n) is 14.6. The molecule has 0 unspecified atom stereocenters. The molecule has 1 heterocycles. The molecule has 2 aromatic carbocycles.